The lowest BCUT2D eigenvalue weighted by molar-refractivity contribution is 0.426. The molecule has 0 atom stereocenters. The van der Waals surface area contributed by atoms with Crippen LogP contribution in [0.2, 0.25) is 0 Å². The van der Waals surface area contributed by atoms with Crippen LogP contribution in [-0.2, 0) is 0 Å². The molecule has 0 aliphatic rings. The summed E-state index contributed by atoms with van der Waals surface area (Å²) in [4.78, 5) is 0. The molecule has 0 aliphatic heterocycles. The van der Waals surface area contributed by atoms with Gasteiger partial charge in [0, 0.05) is 16.2 Å². The van der Waals surface area contributed by atoms with E-state index in [-0.39, 0.29) is 0 Å². The molecule has 0 spiro atoms. The summed E-state index contributed by atoms with van der Waals surface area (Å²) in [7, 11) is -1.51. The summed E-state index contributed by atoms with van der Waals surface area (Å²) in [5, 5.41) is 22.9. The van der Waals surface area contributed by atoms with Gasteiger partial charge in [-0.2, -0.15) is 0 Å². The molecule has 1 aromatic heterocycles. The molecule has 4 heteroatoms. The molecule has 0 saturated carbocycles. The quantitative estimate of drug-likeness (QED) is 0.518. The van der Waals surface area contributed by atoms with E-state index in [1.807, 2.05) is 42.5 Å². The third kappa shape index (κ3) is 1.49. The minimum Gasteiger partial charge on any atom is -0.455 e. The van der Waals surface area contributed by atoms with Crippen LogP contribution in [-0.4, -0.2) is 17.2 Å². The van der Waals surface area contributed by atoms with Crippen LogP contribution in [0.25, 0.3) is 32.7 Å². The molecule has 4 rings (SSSR count). The van der Waals surface area contributed by atoms with Crippen molar-refractivity contribution in [2.45, 2.75) is 0 Å². The maximum Gasteiger partial charge on any atom is 0.489 e. The van der Waals surface area contributed by atoms with Crippen molar-refractivity contribution < 1.29 is 14.5 Å². The van der Waals surface area contributed by atoms with Gasteiger partial charge in [-0.1, -0.05) is 42.5 Å². The van der Waals surface area contributed by atoms with E-state index in [1.54, 1.807) is 12.1 Å². The van der Waals surface area contributed by atoms with Crippen LogP contribution in [0.15, 0.2) is 59.0 Å². The molecule has 0 bridgehead atoms. The van der Waals surface area contributed by atoms with Crippen molar-refractivity contribution in [1.82, 2.24) is 0 Å². The van der Waals surface area contributed by atoms with Crippen LogP contribution in [0.3, 0.4) is 0 Å². The summed E-state index contributed by atoms with van der Waals surface area (Å²) >= 11 is 0. The Kier molecular flexibility index (Phi) is 2.36. The lowest BCUT2D eigenvalue weighted by Gasteiger charge is -2.01. The van der Waals surface area contributed by atoms with Crippen LogP contribution < -0.4 is 5.46 Å². The Labute approximate surface area is 115 Å². The number of hydrogen-bond acceptors (Lipinski definition) is 3. The second-order valence-corrected chi connectivity index (χ2v) is 4.86. The Hall–Kier alpha value is -2.30. The lowest BCUT2D eigenvalue weighted by Crippen LogP contribution is -2.30. The maximum absolute atomic E-state index is 9.53. The number of fused-ring (bicyclic) bond motifs is 5. The first-order chi connectivity index (χ1) is 9.75. The molecule has 0 aliphatic carbocycles. The monoisotopic (exact) mass is 262 g/mol. The predicted octanol–water partition coefficient (Wildman–Crippen LogP) is 2.42. The van der Waals surface area contributed by atoms with Gasteiger partial charge >= 0.3 is 7.12 Å². The van der Waals surface area contributed by atoms with Gasteiger partial charge in [-0.05, 0) is 23.0 Å². The molecule has 0 unspecified atom stereocenters. The minimum atomic E-state index is -1.51. The highest BCUT2D eigenvalue weighted by atomic mass is 16.4. The van der Waals surface area contributed by atoms with Crippen molar-refractivity contribution in [3.63, 3.8) is 0 Å². The number of rotatable bonds is 1. The summed E-state index contributed by atoms with van der Waals surface area (Å²) in [5.41, 5.74) is 1.92. The van der Waals surface area contributed by atoms with Crippen LogP contribution in [0.5, 0.6) is 0 Å². The molecule has 0 saturated heterocycles. The van der Waals surface area contributed by atoms with E-state index in [2.05, 4.69) is 0 Å². The van der Waals surface area contributed by atoms with Crippen LogP contribution in [0, 0.1) is 0 Å². The molecular formula is C16H11BO3. The molecule has 3 nitrogen and oxygen atoms in total. The Balaban J connectivity index is 2.26. The SMILES string of the molecule is OB(O)c1cccc2oc3c4ccccc4ccc3c12. The zero-order valence-corrected chi connectivity index (χ0v) is 10.6. The fourth-order valence-electron chi connectivity index (χ4n) is 2.80. The maximum atomic E-state index is 9.53. The molecule has 1 heterocycles. The molecule has 96 valence electrons. The second kappa shape index (κ2) is 4.10. The Morgan fingerprint density at radius 2 is 1.65 bits per heavy atom. The smallest absolute Gasteiger partial charge is 0.455 e. The van der Waals surface area contributed by atoms with E-state index in [9.17, 15) is 10.0 Å². The number of hydrogen-bond donors (Lipinski definition) is 2. The normalized spacial score (nSPS) is 11.5. The standard InChI is InChI=1S/C16H11BO3/c18-17(19)13-6-3-7-14-15(13)12-9-8-10-4-1-2-5-11(10)16(12)20-14/h1-9,18-19H. The first kappa shape index (κ1) is 11.5. The predicted molar refractivity (Wildman–Crippen MR) is 81.1 cm³/mol. The average Bonchev–Trinajstić information content (AvgIpc) is 2.86. The second-order valence-electron chi connectivity index (χ2n) is 4.86. The topological polar surface area (TPSA) is 53.6 Å². The fraction of sp³-hybridized carbons (Fsp3) is 0. The molecule has 4 aromatic rings. The van der Waals surface area contributed by atoms with Crippen molar-refractivity contribution in [3.8, 4) is 0 Å². The van der Waals surface area contributed by atoms with E-state index in [4.69, 9.17) is 4.42 Å². The molecule has 0 radical (unpaired) electrons. The summed E-state index contributed by atoms with van der Waals surface area (Å²) in [6.45, 7) is 0. The largest absolute Gasteiger partial charge is 0.489 e. The highest BCUT2D eigenvalue weighted by Gasteiger charge is 2.19. The molecule has 3 aromatic carbocycles. The third-order valence-corrected chi connectivity index (χ3v) is 3.70. The van der Waals surface area contributed by atoms with Gasteiger partial charge in [0.05, 0.1) is 0 Å². The molecular weight excluding hydrogens is 251 g/mol. The highest BCUT2D eigenvalue weighted by molar-refractivity contribution is 6.62. The number of furan rings is 1. The Bertz CT molecular complexity index is 940. The van der Waals surface area contributed by atoms with Gasteiger partial charge in [0.15, 0.2) is 0 Å². The van der Waals surface area contributed by atoms with Gasteiger partial charge in [-0.15, -0.1) is 0 Å². The molecule has 0 amide bonds. The third-order valence-electron chi connectivity index (χ3n) is 3.70. The minimum absolute atomic E-state index is 0.469. The van der Waals surface area contributed by atoms with Crippen molar-refractivity contribution in [2.75, 3.05) is 0 Å². The molecule has 0 fully saturated rings. The van der Waals surface area contributed by atoms with E-state index >= 15 is 0 Å². The Morgan fingerprint density at radius 1 is 0.800 bits per heavy atom. The molecule has 2 N–H and O–H groups in total. The van der Waals surface area contributed by atoms with E-state index in [1.165, 1.54) is 0 Å². The summed E-state index contributed by atoms with van der Waals surface area (Å²) < 4.78 is 5.93. The lowest BCUT2D eigenvalue weighted by atomic mass is 9.77. The average molecular weight is 262 g/mol. The zero-order valence-electron chi connectivity index (χ0n) is 10.6. The van der Waals surface area contributed by atoms with Gasteiger partial charge in [0.2, 0.25) is 0 Å². The van der Waals surface area contributed by atoms with E-state index < -0.39 is 7.12 Å². The van der Waals surface area contributed by atoms with Crippen LogP contribution in [0.1, 0.15) is 0 Å². The summed E-state index contributed by atoms with van der Waals surface area (Å²) in [6.07, 6.45) is 0. The number of benzene rings is 3. The zero-order chi connectivity index (χ0) is 13.7. The van der Waals surface area contributed by atoms with Crippen molar-refractivity contribution in [2.24, 2.45) is 0 Å². The van der Waals surface area contributed by atoms with E-state index in [0.717, 1.165) is 27.1 Å². The van der Waals surface area contributed by atoms with Gasteiger partial charge in [-0.25, -0.2) is 0 Å². The Morgan fingerprint density at radius 3 is 2.50 bits per heavy atom. The van der Waals surface area contributed by atoms with Crippen LogP contribution in [0.4, 0.5) is 0 Å². The van der Waals surface area contributed by atoms with Gasteiger partial charge < -0.3 is 14.5 Å². The van der Waals surface area contributed by atoms with Gasteiger partial charge in [0.25, 0.3) is 0 Å². The summed E-state index contributed by atoms with van der Waals surface area (Å²) in [5.74, 6) is 0. The fourth-order valence-corrected chi connectivity index (χ4v) is 2.80. The van der Waals surface area contributed by atoms with Gasteiger partial charge in [0.1, 0.15) is 11.2 Å². The first-order valence-electron chi connectivity index (χ1n) is 6.45. The highest BCUT2D eigenvalue weighted by Crippen LogP contribution is 2.32. The van der Waals surface area contributed by atoms with Crippen molar-refractivity contribution in [1.29, 1.82) is 0 Å². The van der Waals surface area contributed by atoms with Crippen molar-refractivity contribution >= 4 is 45.3 Å². The van der Waals surface area contributed by atoms with Crippen LogP contribution >= 0.6 is 0 Å². The van der Waals surface area contributed by atoms with Gasteiger partial charge in [-0.3, -0.25) is 0 Å². The summed E-state index contributed by atoms with van der Waals surface area (Å²) in [6, 6.07) is 17.3. The van der Waals surface area contributed by atoms with Crippen molar-refractivity contribution in [3.05, 3.63) is 54.6 Å². The first-order valence-corrected chi connectivity index (χ1v) is 6.45. The van der Waals surface area contributed by atoms with E-state index in [0.29, 0.717) is 11.0 Å². The molecule has 20 heavy (non-hydrogen) atoms.